The second-order valence-electron chi connectivity index (χ2n) is 9.25. The summed E-state index contributed by atoms with van der Waals surface area (Å²) < 4.78 is 11.8. The zero-order chi connectivity index (χ0) is 21.9. The molecule has 0 aromatic heterocycles. The van der Waals surface area contributed by atoms with Gasteiger partial charge in [0, 0.05) is 18.2 Å². The van der Waals surface area contributed by atoms with Crippen molar-refractivity contribution in [3.05, 3.63) is 29.8 Å². The highest BCUT2D eigenvalue weighted by atomic mass is 16.5. The smallest absolute Gasteiger partial charge is 0.210 e. The van der Waals surface area contributed by atoms with E-state index in [1.807, 2.05) is 17.2 Å². The van der Waals surface area contributed by atoms with Gasteiger partial charge in [-0.05, 0) is 66.3 Å². The van der Waals surface area contributed by atoms with E-state index in [1.54, 1.807) is 7.11 Å². The van der Waals surface area contributed by atoms with Crippen LogP contribution in [0.1, 0.15) is 46.1 Å². The van der Waals surface area contributed by atoms with Crippen LogP contribution in [-0.2, 0) is 4.79 Å². The van der Waals surface area contributed by atoms with E-state index < -0.39 is 0 Å². The normalized spacial score (nSPS) is 17.3. The van der Waals surface area contributed by atoms with Crippen LogP contribution in [0.4, 0.5) is 5.69 Å². The molecule has 1 atom stereocenters. The molecule has 1 aliphatic rings. The van der Waals surface area contributed by atoms with Gasteiger partial charge in [0.2, 0.25) is 6.41 Å². The number of nitrogens with zero attached hydrogens (tertiary/aromatic N) is 2. The van der Waals surface area contributed by atoms with Crippen LogP contribution >= 0.6 is 0 Å². The zero-order valence-electron chi connectivity index (χ0n) is 19.1. The summed E-state index contributed by atoms with van der Waals surface area (Å²) in [4.78, 5) is 17.7. The Balaban J connectivity index is 1.88. The van der Waals surface area contributed by atoms with E-state index in [2.05, 4.69) is 52.8 Å². The second-order valence-corrected chi connectivity index (χ2v) is 9.25. The lowest BCUT2D eigenvalue weighted by Crippen LogP contribution is -2.28. The van der Waals surface area contributed by atoms with Crippen LogP contribution in [0.25, 0.3) is 10.8 Å². The maximum atomic E-state index is 11.2. The van der Waals surface area contributed by atoms with E-state index in [-0.39, 0.29) is 11.5 Å². The Morgan fingerprint density at radius 1 is 1.20 bits per heavy atom. The third-order valence-corrected chi connectivity index (χ3v) is 6.46. The number of benzene rings is 2. The zero-order valence-corrected chi connectivity index (χ0v) is 19.1. The van der Waals surface area contributed by atoms with Crippen molar-refractivity contribution in [2.75, 3.05) is 20.3 Å². The summed E-state index contributed by atoms with van der Waals surface area (Å²) in [5.74, 6) is 2.01. The lowest BCUT2D eigenvalue weighted by molar-refractivity contribution is -0.117. The number of rotatable bonds is 8. The van der Waals surface area contributed by atoms with Gasteiger partial charge in [0.15, 0.2) is 11.5 Å². The van der Waals surface area contributed by atoms with Crippen LogP contribution in [0.5, 0.6) is 11.5 Å². The average molecular weight is 411 g/mol. The summed E-state index contributed by atoms with van der Waals surface area (Å²) in [7, 11) is 1.67. The van der Waals surface area contributed by atoms with Crippen LogP contribution in [-0.4, -0.2) is 43.8 Å². The van der Waals surface area contributed by atoms with Gasteiger partial charge >= 0.3 is 0 Å². The van der Waals surface area contributed by atoms with Crippen molar-refractivity contribution in [2.45, 2.75) is 53.5 Å². The van der Waals surface area contributed by atoms with Gasteiger partial charge < -0.3 is 14.4 Å². The molecular formula is C25H34N2O3. The van der Waals surface area contributed by atoms with Gasteiger partial charge in [-0.25, -0.2) is 0 Å². The van der Waals surface area contributed by atoms with E-state index in [0.717, 1.165) is 59.3 Å². The quantitative estimate of drug-likeness (QED) is 0.424. The molecule has 1 saturated heterocycles. The molecule has 5 nitrogen and oxygen atoms in total. The summed E-state index contributed by atoms with van der Waals surface area (Å²) in [6.45, 7) is 12.4. The molecule has 0 bridgehead atoms. The molecule has 0 N–H and O–H groups in total. The highest BCUT2D eigenvalue weighted by Crippen LogP contribution is 2.37. The molecule has 30 heavy (non-hydrogen) atoms. The highest BCUT2D eigenvalue weighted by Gasteiger charge is 2.24. The average Bonchev–Trinajstić information content (AvgIpc) is 3.17. The Kier molecular flexibility index (Phi) is 6.69. The number of carbonyl (C=O) groups is 1. The Hall–Kier alpha value is -2.56. The van der Waals surface area contributed by atoms with E-state index in [9.17, 15) is 4.79 Å². The molecule has 162 valence electrons. The molecule has 5 heteroatoms. The fourth-order valence-electron chi connectivity index (χ4n) is 3.52. The van der Waals surface area contributed by atoms with Crippen LogP contribution in [0.2, 0.25) is 0 Å². The molecular weight excluding hydrogens is 376 g/mol. The molecule has 1 heterocycles. The predicted octanol–water partition coefficient (Wildman–Crippen LogP) is 5.54. The first kappa shape index (κ1) is 22.1. The van der Waals surface area contributed by atoms with E-state index in [1.165, 1.54) is 0 Å². The number of aryl methyl sites for hydroxylation is 1. The van der Waals surface area contributed by atoms with Crippen molar-refractivity contribution < 1.29 is 14.3 Å². The third-order valence-electron chi connectivity index (χ3n) is 6.46. The van der Waals surface area contributed by atoms with Gasteiger partial charge in [-0.1, -0.05) is 27.7 Å². The predicted molar refractivity (Wildman–Crippen MR) is 123 cm³/mol. The standard InChI is InChI=1S/C25H34N2O3/c1-17(2)25(4,5)15-30-24-13-19-10-18(3)22(11-20(19)12-23(24)29-6)26-14-21-8-7-9-27(21)16-28/h10-14,16-17,21H,7-9,15H2,1-6H3. The molecule has 1 fully saturated rings. The first-order chi connectivity index (χ1) is 14.2. The Bertz CT molecular complexity index is 934. The second kappa shape index (κ2) is 9.07. The van der Waals surface area contributed by atoms with Crippen LogP contribution < -0.4 is 9.47 Å². The van der Waals surface area contributed by atoms with Gasteiger partial charge in [-0.2, -0.15) is 0 Å². The number of hydrogen-bond acceptors (Lipinski definition) is 4. The number of fused-ring (bicyclic) bond motifs is 1. The fourth-order valence-corrected chi connectivity index (χ4v) is 3.52. The Morgan fingerprint density at radius 2 is 1.90 bits per heavy atom. The highest BCUT2D eigenvalue weighted by molar-refractivity contribution is 5.90. The van der Waals surface area contributed by atoms with Gasteiger partial charge in [0.05, 0.1) is 25.4 Å². The lowest BCUT2D eigenvalue weighted by atomic mass is 9.82. The van der Waals surface area contributed by atoms with Crippen molar-refractivity contribution >= 4 is 29.1 Å². The largest absolute Gasteiger partial charge is 0.493 e. The topological polar surface area (TPSA) is 51.1 Å². The molecule has 3 rings (SSSR count). The van der Waals surface area contributed by atoms with Gasteiger partial charge in [0.25, 0.3) is 0 Å². The molecule has 2 aromatic carbocycles. The summed E-state index contributed by atoms with van der Waals surface area (Å²) in [5.41, 5.74) is 2.08. The molecule has 1 amide bonds. The molecule has 1 unspecified atom stereocenters. The van der Waals surface area contributed by atoms with Gasteiger partial charge in [-0.3, -0.25) is 9.79 Å². The number of ether oxygens (including phenoxy) is 2. The fraction of sp³-hybridized carbons (Fsp3) is 0.520. The maximum Gasteiger partial charge on any atom is 0.210 e. The first-order valence-electron chi connectivity index (χ1n) is 10.8. The monoisotopic (exact) mass is 410 g/mol. The SMILES string of the molecule is COc1cc2cc(N=CC3CCCN3C=O)c(C)cc2cc1OCC(C)(C)C(C)C. The third kappa shape index (κ3) is 4.77. The number of aliphatic imine (C=N–C) groups is 1. The maximum absolute atomic E-state index is 11.2. The van der Waals surface area contributed by atoms with Crippen molar-refractivity contribution in [3.63, 3.8) is 0 Å². The summed E-state index contributed by atoms with van der Waals surface area (Å²) in [5, 5.41) is 2.15. The van der Waals surface area contributed by atoms with E-state index >= 15 is 0 Å². The minimum absolute atomic E-state index is 0.0735. The summed E-state index contributed by atoms with van der Waals surface area (Å²) in [6, 6.07) is 8.36. The Labute approximate surface area is 180 Å². The van der Waals surface area contributed by atoms with Crippen molar-refractivity contribution in [1.82, 2.24) is 4.90 Å². The molecule has 0 radical (unpaired) electrons. The van der Waals surface area contributed by atoms with Crippen LogP contribution in [0.3, 0.4) is 0 Å². The van der Waals surface area contributed by atoms with Crippen LogP contribution in [0.15, 0.2) is 29.3 Å². The van der Waals surface area contributed by atoms with E-state index in [0.29, 0.717) is 12.5 Å². The van der Waals surface area contributed by atoms with Crippen molar-refractivity contribution in [1.29, 1.82) is 0 Å². The van der Waals surface area contributed by atoms with Crippen molar-refractivity contribution in [2.24, 2.45) is 16.3 Å². The Morgan fingerprint density at radius 3 is 2.57 bits per heavy atom. The first-order valence-corrected chi connectivity index (χ1v) is 10.8. The number of carbonyl (C=O) groups excluding carboxylic acids is 1. The van der Waals surface area contributed by atoms with Crippen LogP contribution in [0, 0.1) is 18.3 Å². The summed E-state index contributed by atoms with van der Waals surface area (Å²) >= 11 is 0. The lowest BCUT2D eigenvalue weighted by Gasteiger charge is -2.29. The molecule has 0 aliphatic carbocycles. The molecule has 2 aromatic rings. The number of likely N-dealkylation sites (tertiary alicyclic amines) is 1. The molecule has 1 aliphatic heterocycles. The van der Waals surface area contributed by atoms with Gasteiger partial charge in [0.1, 0.15) is 0 Å². The molecule has 0 spiro atoms. The minimum atomic E-state index is 0.0735. The number of amides is 1. The molecule has 0 saturated carbocycles. The number of methoxy groups -OCH3 is 1. The minimum Gasteiger partial charge on any atom is -0.493 e. The summed E-state index contributed by atoms with van der Waals surface area (Å²) in [6.07, 6.45) is 4.82. The van der Waals surface area contributed by atoms with Gasteiger partial charge in [-0.15, -0.1) is 0 Å². The number of hydrogen-bond donors (Lipinski definition) is 0. The van der Waals surface area contributed by atoms with Crippen molar-refractivity contribution in [3.8, 4) is 11.5 Å². The van der Waals surface area contributed by atoms with E-state index in [4.69, 9.17) is 14.5 Å².